The van der Waals surface area contributed by atoms with Crippen LogP contribution >= 0.6 is 0 Å². The Morgan fingerprint density at radius 3 is 2.71 bits per heavy atom. The minimum Gasteiger partial charge on any atom is -0.467 e. The van der Waals surface area contributed by atoms with Crippen LogP contribution in [0.2, 0.25) is 0 Å². The molecule has 0 spiro atoms. The topological polar surface area (TPSA) is 48.4 Å². The van der Waals surface area contributed by atoms with Crippen molar-refractivity contribution < 1.29 is 22.3 Å². The average molecular weight is 209 g/mol. The van der Waals surface area contributed by atoms with E-state index in [1.807, 2.05) is 0 Å². The van der Waals surface area contributed by atoms with Gasteiger partial charge < -0.3 is 14.9 Å². The molecule has 0 aliphatic heterocycles. The van der Waals surface area contributed by atoms with Crippen LogP contribution in [0.4, 0.5) is 13.2 Å². The Morgan fingerprint density at radius 2 is 2.14 bits per heavy atom. The first-order chi connectivity index (χ1) is 6.53. The minimum atomic E-state index is -4.31. The maximum atomic E-state index is 11.7. The van der Waals surface area contributed by atoms with Gasteiger partial charge in [0, 0.05) is 12.1 Å². The molecule has 1 heterocycles. The molecule has 80 valence electrons. The van der Waals surface area contributed by atoms with E-state index in [0.717, 1.165) is 0 Å². The number of rotatable bonds is 4. The van der Waals surface area contributed by atoms with Crippen molar-refractivity contribution in [2.45, 2.75) is 19.3 Å². The molecule has 0 bridgehead atoms. The molecule has 1 rings (SSSR count). The summed E-state index contributed by atoms with van der Waals surface area (Å²) in [6.07, 6.45) is -2.94. The van der Waals surface area contributed by atoms with Gasteiger partial charge in [0.1, 0.15) is 19.0 Å². The normalized spacial score (nSPS) is 12.0. The number of furan rings is 1. The second-order valence-electron chi connectivity index (χ2n) is 2.68. The number of hydrogen-bond acceptors (Lipinski definition) is 3. The van der Waals surface area contributed by atoms with Crippen molar-refractivity contribution in [3.8, 4) is 0 Å². The van der Waals surface area contributed by atoms with Crippen LogP contribution < -0.4 is 5.73 Å². The van der Waals surface area contributed by atoms with Gasteiger partial charge in [0.25, 0.3) is 0 Å². The van der Waals surface area contributed by atoms with E-state index >= 15 is 0 Å². The first-order valence-corrected chi connectivity index (χ1v) is 3.93. The van der Waals surface area contributed by atoms with Gasteiger partial charge in [0.15, 0.2) is 0 Å². The zero-order valence-corrected chi connectivity index (χ0v) is 7.30. The quantitative estimate of drug-likeness (QED) is 0.822. The first-order valence-electron chi connectivity index (χ1n) is 3.93. The van der Waals surface area contributed by atoms with E-state index in [0.29, 0.717) is 11.3 Å². The molecule has 0 radical (unpaired) electrons. The summed E-state index contributed by atoms with van der Waals surface area (Å²) < 4.78 is 44.4. The van der Waals surface area contributed by atoms with Crippen LogP contribution in [0.3, 0.4) is 0 Å². The molecule has 6 heteroatoms. The van der Waals surface area contributed by atoms with Gasteiger partial charge in [-0.05, 0) is 6.07 Å². The fourth-order valence-electron chi connectivity index (χ4n) is 0.935. The maximum absolute atomic E-state index is 11.7. The van der Waals surface area contributed by atoms with E-state index in [-0.39, 0.29) is 13.2 Å². The van der Waals surface area contributed by atoms with Crippen LogP contribution in [0.25, 0.3) is 0 Å². The lowest BCUT2D eigenvalue weighted by molar-refractivity contribution is -0.177. The van der Waals surface area contributed by atoms with Crippen LogP contribution in [0, 0.1) is 0 Å². The van der Waals surface area contributed by atoms with Gasteiger partial charge in [-0.25, -0.2) is 0 Å². The summed E-state index contributed by atoms with van der Waals surface area (Å²) >= 11 is 0. The van der Waals surface area contributed by atoms with E-state index < -0.39 is 12.8 Å². The molecule has 0 unspecified atom stereocenters. The van der Waals surface area contributed by atoms with Crippen molar-refractivity contribution in [2.24, 2.45) is 5.73 Å². The standard InChI is InChI=1S/C8H10F3NO2/c9-8(10,11)5-13-4-7-6(3-12)1-2-14-7/h1-2H,3-5,12H2. The molecular weight excluding hydrogens is 199 g/mol. The molecule has 0 aliphatic carbocycles. The summed E-state index contributed by atoms with van der Waals surface area (Å²) in [5.74, 6) is 0.344. The number of nitrogens with two attached hydrogens (primary N) is 1. The summed E-state index contributed by atoms with van der Waals surface area (Å²) in [7, 11) is 0. The summed E-state index contributed by atoms with van der Waals surface area (Å²) in [6, 6.07) is 1.60. The van der Waals surface area contributed by atoms with Crippen LogP contribution in [-0.4, -0.2) is 12.8 Å². The Bertz CT molecular complexity index is 282. The van der Waals surface area contributed by atoms with Crippen molar-refractivity contribution in [1.82, 2.24) is 0 Å². The molecule has 0 atom stereocenters. The molecule has 0 amide bonds. The first kappa shape index (κ1) is 11.1. The second-order valence-corrected chi connectivity index (χ2v) is 2.68. The number of hydrogen-bond donors (Lipinski definition) is 1. The summed E-state index contributed by atoms with van der Waals surface area (Å²) in [6.45, 7) is -1.27. The Labute approximate surface area is 78.6 Å². The monoisotopic (exact) mass is 209 g/mol. The fourth-order valence-corrected chi connectivity index (χ4v) is 0.935. The molecule has 0 saturated carbocycles. The zero-order valence-electron chi connectivity index (χ0n) is 7.30. The van der Waals surface area contributed by atoms with Crippen molar-refractivity contribution in [2.75, 3.05) is 6.61 Å². The zero-order chi connectivity index (χ0) is 10.6. The molecule has 2 N–H and O–H groups in total. The van der Waals surface area contributed by atoms with Gasteiger partial charge >= 0.3 is 6.18 Å². The van der Waals surface area contributed by atoms with Crippen LogP contribution in [0.5, 0.6) is 0 Å². The van der Waals surface area contributed by atoms with Gasteiger partial charge in [-0.2, -0.15) is 13.2 Å². The highest BCUT2D eigenvalue weighted by molar-refractivity contribution is 5.15. The van der Waals surface area contributed by atoms with Crippen molar-refractivity contribution in [3.05, 3.63) is 23.7 Å². The third-order valence-corrected chi connectivity index (χ3v) is 1.56. The molecule has 3 nitrogen and oxygen atoms in total. The van der Waals surface area contributed by atoms with Gasteiger partial charge in [0.05, 0.1) is 6.26 Å². The maximum Gasteiger partial charge on any atom is 0.411 e. The Morgan fingerprint density at radius 1 is 1.43 bits per heavy atom. The smallest absolute Gasteiger partial charge is 0.411 e. The van der Waals surface area contributed by atoms with Crippen molar-refractivity contribution >= 4 is 0 Å². The lowest BCUT2D eigenvalue weighted by atomic mass is 10.2. The Kier molecular flexibility index (Phi) is 3.54. The van der Waals surface area contributed by atoms with Crippen molar-refractivity contribution in [3.63, 3.8) is 0 Å². The van der Waals surface area contributed by atoms with E-state index in [1.165, 1.54) is 6.26 Å². The lowest BCUT2D eigenvalue weighted by Crippen LogP contribution is -2.17. The predicted octanol–water partition coefficient (Wildman–Crippen LogP) is 1.82. The predicted molar refractivity (Wildman–Crippen MR) is 42.3 cm³/mol. The number of ether oxygens (including phenoxy) is 1. The Hall–Kier alpha value is -1.01. The lowest BCUT2D eigenvalue weighted by Gasteiger charge is -2.06. The molecule has 1 aromatic rings. The highest BCUT2D eigenvalue weighted by Gasteiger charge is 2.27. The molecule has 0 saturated heterocycles. The molecule has 0 aromatic carbocycles. The van der Waals surface area contributed by atoms with Crippen molar-refractivity contribution in [1.29, 1.82) is 0 Å². The molecule has 0 fully saturated rings. The van der Waals surface area contributed by atoms with Crippen LogP contribution in [-0.2, 0) is 17.9 Å². The molecule has 1 aromatic heterocycles. The third kappa shape index (κ3) is 3.39. The minimum absolute atomic E-state index is 0.209. The molecule has 14 heavy (non-hydrogen) atoms. The van der Waals surface area contributed by atoms with Gasteiger partial charge in [-0.3, -0.25) is 0 Å². The van der Waals surface area contributed by atoms with E-state index in [2.05, 4.69) is 4.74 Å². The van der Waals surface area contributed by atoms with Gasteiger partial charge in [-0.15, -0.1) is 0 Å². The molecule has 0 aliphatic rings. The second kappa shape index (κ2) is 4.47. The number of alkyl halides is 3. The van der Waals surface area contributed by atoms with E-state index in [1.54, 1.807) is 6.07 Å². The SMILES string of the molecule is NCc1ccoc1COCC(F)(F)F. The summed E-state index contributed by atoms with van der Waals surface area (Å²) in [4.78, 5) is 0. The highest BCUT2D eigenvalue weighted by atomic mass is 19.4. The number of halogens is 3. The largest absolute Gasteiger partial charge is 0.467 e. The van der Waals surface area contributed by atoms with Crippen LogP contribution in [0.15, 0.2) is 16.7 Å². The van der Waals surface area contributed by atoms with Gasteiger partial charge in [0.2, 0.25) is 0 Å². The van der Waals surface area contributed by atoms with Gasteiger partial charge in [-0.1, -0.05) is 0 Å². The van der Waals surface area contributed by atoms with Crippen LogP contribution in [0.1, 0.15) is 11.3 Å². The average Bonchev–Trinajstić information content (AvgIpc) is 2.49. The fraction of sp³-hybridized carbons (Fsp3) is 0.500. The highest BCUT2D eigenvalue weighted by Crippen LogP contribution is 2.17. The Balaban J connectivity index is 2.38. The van der Waals surface area contributed by atoms with E-state index in [9.17, 15) is 13.2 Å². The molecular formula is C8H10F3NO2. The summed E-state index contributed by atoms with van der Waals surface area (Å²) in [5, 5.41) is 0. The summed E-state index contributed by atoms with van der Waals surface area (Å²) in [5.41, 5.74) is 5.97. The third-order valence-electron chi connectivity index (χ3n) is 1.56. The van der Waals surface area contributed by atoms with E-state index in [4.69, 9.17) is 10.2 Å².